The monoisotopic (exact) mass is 326 g/mol. The molecule has 0 saturated heterocycles. The fourth-order valence-corrected chi connectivity index (χ4v) is 1.96. The molecule has 1 heterocycles. The van der Waals surface area contributed by atoms with Crippen molar-refractivity contribution in [1.29, 1.82) is 0 Å². The maximum Gasteiger partial charge on any atom is 0.341 e. The maximum absolute atomic E-state index is 13.6. The number of methoxy groups -OCH3 is 1. The van der Waals surface area contributed by atoms with Gasteiger partial charge in [-0.1, -0.05) is 11.6 Å². The van der Waals surface area contributed by atoms with Gasteiger partial charge in [0.05, 0.1) is 12.7 Å². The quantitative estimate of drug-likeness (QED) is 0.804. The lowest BCUT2D eigenvalue weighted by atomic mass is 10.2. The number of benzene rings is 1. The van der Waals surface area contributed by atoms with Gasteiger partial charge in [0.2, 0.25) is 0 Å². The molecular formula is C15H12ClFO5. The van der Waals surface area contributed by atoms with E-state index in [9.17, 15) is 14.0 Å². The molecule has 5 nitrogen and oxygen atoms in total. The number of rotatable bonds is 4. The predicted octanol–water partition coefficient (Wildman–Crippen LogP) is 3.52. The topological polar surface area (TPSA) is 65.7 Å². The van der Waals surface area contributed by atoms with Crippen LogP contribution in [-0.4, -0.2) is 19.0 Å². The minimum absolute atomic E-state index is 0.179. The minimum atomic E-state index is -0.858. The normalized spacial score (nSPS) is 10.4. The summed E-state index contributed by atoms with van der Waals surface area (Å²) < 4.78 is 28.4. The van der Waals surface area contributed by atoms with Gasteiger partial charge in [0.25, 0.3) is 0 Å². The van der Waals surface area contributed by atoms with Gasteiger partial charge in [-0.3, -0.25) is 0 Å². The van der Waals surface area contributed by atoms with Crippen LogP contribution >= 0.6 is 11.6 Å². The molecule has 0 spiro atoms. The zero-order valence-corrected chi connectivity index (χ0v) is 12.6. The predicted molar refractivity (Wildman–Crippen MR) is 75.3 cm³/mol. The van der Waals surface area contributed by atoms with Crippen molar-refractivity contribution >= 4 is 23.5 Å². The van der Waals surface area contributed by atoms with Crippen LogP contribution in [0.4, 0.5) is 4.39 Å². The SMILES string of the molecule is COC(=O)c1cc(COC(=O)c2ccc(Cl)cc2F)oc1C. The second kappa shape index (κ2) is 6.62. The summed E-state index contributed by atoms with van der Waals surface area (Å²) in [7, 11) is 1.25. The van der Waals surface area contributed by atoms with Crippen LogP contribution in [0.5, 0.6) is 0 Å². The smallest absolute Gasteiger partial charge is 0.341 e. The lowest BCUT2D eigenvalue weighted by Crippen LogP contribution is -2.07. The number of carbonyl (C=O) groups excluding carboxylic acids is 2. The van der Waals surface area contributed by atoms with Gasteiger partial charge in [-0.15, -0.1) is 0 Å². The molecule has 116 valence electrons. The Kier molecular flexibility index (Phi) is 4.82. The number of carbonyl (C=O) groups is 2. The van der Waals surface area contributed by atoms with Crippen LogP contribution in [0.1, 0.15) is 32.2 Å². The van der Waals surface area contributed by atoms with Gasteiger partial charge in [-0.05, 0) is 31.2 Å². The second-order valence-electron chi connectivity index (χ2n) is 4.37. The highest BCUT2D eigenvalue weighted by molar-refractivity contribution is 6.30. The average molecular weight is 327 g/mol. The molecule has 1 aromatic heterocycles. The molecule has 0 fully saturated rings. The first-order valence-corrected chi connectivity index (χ1v) is 6.60. The molecule has 0 aliphatic heterocycles. The Morgan fingerprint density at radius 1 is 1.23 bits per heavy atom. The van der Waals surface area contributed by atoms with Crippen molar-refractivity contribution in [3.8, 4) is 0 Å². The molecule has 0 amide bonds. The van der Waals surface area contributed by atoms with E-state index in [2.05, 4.69) is 4.74 Å². The van der Waals surface area contributed by atoms with Crippen LogP contribution in [0.3, 0.4) is 0 Å². The molecule has 0 aliphatic rings. The molecule has 2 rings (SSSR count). The van der Waals surface area contributed by atoms with Gasteiger partial charge in [0, 0.05) is 5.02 Å². The third-order valence-corrected chi connectivity index (χ3v) is 3.11. The summed E-state index contributed by atoms with van der Waals surface area (Å²) in [6.45, 7) is 1.34. The Bertz CT molecular complexity index is 723. The van der Waals surface area contributed by atoms with Crippen LogP contribution in [0, 0.1) is 12.7 Å². The summed E-state index contributed by atoms with van der Waals surface area (Å²) in [5, 5.41) is 0.179. The summed E-state index contributed by atoms with van der Waals surface area (Å²) in [5.74, 6) is -1.59. The molecule has 0 N–H and O–H groups in total. The number of hydrogen-bond donors (Lipinski definition) is 0. The van der Waals surface area contributed by atoms with Gasteiger partial charge < -0.3 is 13.9 Å². The molecule has 7 heteroatoms. The highest BCUT2D eigenvalue weighted by Gasteiger charge is 2.18. The Labute approximate surface area is 130 Å². The summed E-state index contributed by atoms with van der Waals surface area (Å²) >= 11 is 5.61. The van der Waals surface area contributed by atoms with E-state index in [4.69, 9.17) is 20.8 Å². The van der Waals surface area contributed by atoms with E-state index in [1.807, 2.05) is 0 Å². The molecule has 2 aromatic rings. The first-order valence-electron chi connectivity index (χ1n) is 6.22. The molecule has 0 bridgehead atoms. The van der Waals surface area contributed by atoms with Gasteiger partial charge in [-0.25, -0.2) is 14.0 Å². The number of furan rings is 1. The van der Waals surface area contributed by atoms with Crippen molar-refractivity contribution in [2.45, 2.75) is 13.5 Å². The van der Waals surface area contributed by atoms with Gasteiger partial charge in [0.15, 0.2) is 0 Å². The fourth-order valence-electron chi connectivity index (χ4n) is 1.80. The Morgan fingerprint density at radius 3 is 2.59 bits per heavy atom. The number of aryl methyl sites for hydroxylation is 1. The van der Waals surface area contributed by atoms with E-state index in [-0.39, 0.29) is 28.5 Å². The van der Waals surface area contributed by atoms with Crippen LogP contribution < -0.4 is 0 Å². The number of ether oxygens (including phenoxy) is 2. The number of halogens is 2. The van der Waals surface area contributed by atoms with Crippen molar-refractivity contribution < 1.29 is 27.9 Å². The van der Waals surface area contributed by atoms with Crippen LogP contribution in [0.25, 0.3) is 0 Å². The highest BCUT2D eigenvalue weighted by atomic mass is 35.5. The third-order valence-electron chi connectivity index (χ3n) is 2.87. The van der Waals surface area contributed by atoms with Crippen molar-refractivity contribution in [3.05, 3.63) is 57.8 Å². The third kappa shape index (κ3) is 3.46. The van der Waals surface area contributed by atoms with E-state index in [0.717, 1.165) is 6.07 Å². The van der Waals surface area contributed by atoms with E-state index >= 15 is 0 Å². The van der Waals surface area contributed by atoms with Crippen LogP contribution in [-0.2, 0) is 16.1 Å². The van der Waals surface area contributed by atoms with Crippen molar-refractivity contribution in [1.82, 2.24) is 0 Å². The van der Waals surface area contributed by atoms with Crippen molar-refractivity contribution in [2.24, 2.45) is 0 Å². The first-order chi connectivity index (χ1) is 10.4. The fraction of sp³-hybridized carbons (Fsp3) is 0.200. The minimum Gasteiger partial charge on any atom is -0.465 e. The highest BCUT2D eigenvalue weighted by Crippen LogP contribution is 2.19. The Balaban J connectivity index is 2.07. The van der Waals surface area contributed by atoms with E-state index in [1.165, 1.54) is 25.3 Å². The lowest BCUT2D eigenvalue weighted by Gasteiger charge is -2.04. The zero-order valence-electron chi connectivity index (χ0n) is 11.8. The number of hydrogen-bond acceptors (Lipinski definition) is 5. The standard InChI is InChI=1S/C15H12ClFO5/c1-8-12(14(18)20-2)6-10(22-8)7-21-15(19)11-4-3-9(16)5-13(11)17/h3-6H,7H2,1-2H3. The van der Waals surface area contributed by atoms with Crippen LogP contribution in [0.2, 0.25) is 5.02 Å². The first kappa shape index (κ1) is 16.0. The van der Waals surface area contributed by atoms with Crippen molar-refractivity contribution in [3.63, 3.8) is 0 Å². The van der Waals surface area contributed by atoms with Gasteiger partial charge in [0.1, 0.15) is 29.5 Å². The van der Waals surface area contributed by atoms with Gasteiger partial charge in [-0.2, -0.15) is 0 Å². The molecular weight excluding hydrogens is 315 g/mol. The summed E-state index contributed by atoms with van der Waals surface area (Å²) in [6.07, 6.45) is 0. The Hall–Kier alpha value is -2.34. The largest absolute Gasteiger partial charge is 0.465 e. The zero-order chi connectivity index (χ0) is 16.3. The van der Waals surface area contributed by atoms with Crippen molar-refractivity contribution in [2.75, 3.05) is 7.11 Å². The second-order valence-corrected chi connectivity index (χ2v) is 4.81. The molecule has 0 aliphatic carbocycles. The summed E-state index contributed by atoms with van der Waals surface area (Å²) in [6, 6.07) is 5.04. The van der Waals surface area contributed by atoms with E-state index < -0.39 is 17.8 Å². The molecule has 1 aromatic carbocycles. The Morgan fingerprint density at radius 2 is 1.95 bits per heavy atom. The molecule has 0 radical (unpaired) electrons. The molecule has 0 atom stereocenters. The van der Waals surface area contributed by atoms with Gasteiger partial charge >= 0.3 is 11.9 Å². The maximum atomic E-state index is 13.6. The summed E-state index contributed by atoms with van der Waals surface area (Å²) in [5.41, 5.74) is 0.00657. The average Bonchev–Trinajstić information content (AvgIpc) is 2.85. The molecule has 0 saturated carbocycles. The lowest BCUT2D eigenvalue weighted by molar-refractivity contribution is 0.0438. The number of esters is 2. The van der Waals surface area contributed by atoms with Crippen LogP contribution in [0.15, 0.2) is 28.7 Å². The van der Waals surface area contributed by atoms with E-state index in [1.54, 1.807) is 6.92 Å². The molecule has 22 heavy (non-hydrogen) atoms. The van der Waals surface area contributed by atoms with E-state index in [0.29, 0.717) is 5.76 Å². The summed E-state index contributed by atoms with van der Waals surface area (Å²) in [4.78, 5) is 23.2. The molecule has 0 unspecified atom stereocenters.